The second-order valence-corrected chi connectivity index (χ2v) is 5.43. The number of imidazole rings is 1. The molecule has 0 bridgehead atoms. The van der Waals surface area contributed by atoms with Crippen molar-refractivity contribution in [1.29, 1.82) is 0 Å². The van der Waals surface area contributed by atoms with Gasteiger partial charge < -0.3 is 15.0 Å². The van der Waals surface area contributed by atoms with Crippen molar-refractivity contribution < 1.29 is 9.66 Å². The Kier molecular flexibility index (Phi) is 3.74. The number of fused-ring (bicyclic) bond motifs is 1. The number of hydrogen-bond acceptors (Lipinski definition) is 5. The molecule has 7 nitrogen and oxygen atoms in total. The van der Waals surface area contributed by atoms with E-state index in [1.54, 1.807) is 6.07 Å². The number of benzene rings is 1. The Bertz CT molecular complexity index is 649. The molecule has 0 aliphatic carbocycles. The SMILES string of the molecule is CC(Nc1nc2ccc([N+](=O)[O-])cc2[nH]1)C1CCOCC1. The summed E-state index contributed by atoms with van der Waals surface area (Å²) in [5.41, 5.74) is 1.46. The zero-order valence-electron chi connectivity index (χ0n) is 11.8. The van der Waals surface area contributed by atoms with Crippen LogP contribution in [0, 0.1) is 16.0 Å². The molecule has 112 valence electrons. The van der Waals surface area contributed by atoms with E-state index < -0.39 is 4.92 Å². The topological polar surface area (TPSA) is 93.1 Å². The molecule has 1 aromatic heterocycles. The molecule has 1 unspecified atom stereocenters. The molecule has 1 saturated heterocycles. The first-order valence-electron chi connectivity index (χ1n) is 7.12. The summed E-state index contributed by atoms with van der Waals surface area (Å²) in [4.78, 5) is 17.9. The van der Waals surface area contributed by atoms with Gasteiger partial charge in [0.1, 0.15) is 0 Å². The van der Waals surface area contributed by atoms with Gasteiger partial charge in [-0.2, -0.15) is 0 Å². The van der Waals surface area contributed by atoms with Crippen LogP contribution < -0.4 is 5.32 Å². The first-order chi connectivity index (χ1) is 10.1. The van der Waals surface area contributed by atoms with Crippen molar-refractivity contribution in [2.45, 2.75) is 25.8 Å². The summed E-state index contributed by atoms with van der Waals surface area (Å²) < 4.78 is 5.37. The molecular formula is C14H18N4O3. The predicted molar refractivity (Wildman–Crippen MR) is 79.4 cm³/mol. The first-order valence-corrected chi connectivity index (χ1v) is 7.12. The van der Waals surface area contributed by atoms with Gasteiger partial charge in [-0.25, -0.2) is 4.98 Å². The first kappa shape index (κ1) is 13.8. The Morgan fingerprint density at radius 2 is 2.24 bits per heavy atom. The number of aromatic nitrogens is 2. The summed E-state index contributed by atoms with van der Waals surface area (Å²) in [5, 5.41) is 14.1. The molecule has 1 aliphatic heterocycles. The van der Waals surface area contributed by atoms with E-state index in [0.717, 1.165) is 31.6 Å². The predicted octanol–water partition coefficient (Wildman–Crippen LogP) is 2.70. The van der Waals surface area contributed by atoms with Crippen LogP contribution >= 0.6 is 0 Å². The molecule has 1 aromatic carbocycles. The molecule has 1 aliphatic rings. The third kappa shape index (κ3) is 2.97. The zero-order valence-corrected chi connectivity index (χ0v) is 11.8. The number of rotatable bonds is 4. The molecule has 2 N–H and O–H groups in total. The number of hydrogen-bond donors (Lipinski definition) is 2. The number of nitrogens with one attached hydrogen (secondary N) is 2. The van der Waals surface area contributed by atoms with Crippen molar-refractivity contribution in [1.82, 2.24) is 9.97 Å². The van der Waals surface area contributed by atoms with Gasteiger partial charge in [0.15, 0.2) is 0 Å². The van der Waals surface area contributed by atoms with Crippen molar-refractivity contribution >= 4 is 22.7 Å². The van der Waals surface area contributed by atoms with E-state index in [9.17, 15) is 10.1 Å². The summed E-state index contributed by atoms with van der Waals surface area (Å²) >= 11 is 0. The van der Waals surface area contributed by atoms with Crippen LogP contribution in [0.25, 0.3) is 11.0 Å². The lowest BCUT2D eigenvalue weighted by molar-refractivity contribution is -0.384. The van der Waals surface area contributed by atoms with Crippen LogP contribution in [0.3, 0.4) is 0 Å². The minimum atomic E-state index is -0.405. The minimum Gasteiger partial charge on any atom is -0.381 e. The van der Waals surface area contributed by atoms with Crippen LogP contribution in [0.15, 0.2) is 18.2 Å². The van der Waals surface area contributed by atoms with Gasteiger partial charge in [-0.1, -0.05) is 0 Å². The van der Waals surface area contributed by atoms with E-state index in [2.05, 4.69) is 22.2 Å². The number of ether oxygens (including phenoxy) is 1. The second-order valence-electron chi connectivity index (χ2n) is 5.43. The average Bonchev–Trinajstić information content (AvgIpc) is 2.89. The van der Waals surface area contributed by atoms with Crippen LogP contribution in [-0.4, -0.2) is 34.1 Å². The van der Waals surface area contributed by atoms with Crippen molar-refractivity contribution in [3.63, 3.8) is 0 Å². The maximum Gasteiger partial charge on any atom is 0.271 e. The minimum absolute atomic E-state index is 0.0650. The number of H-pyrrole nitrogens is 1. The molecule has 0 amide bonds. The fourth-order valence-corrected chi connectivity index (χ4v) is 2.73. The lowest BCUT2D eigenvalue weighted by Crippen LogP contribution is -2.31. The Hall–Kier alpha value is -2.15. The lowest BCUT2D eigenvalue weighted by atomic mass is 9.93. The smallest absolute Gasteiger partial charge is 0.271 e. The summed E-state index contributed by atoms with van der Waals surface area (Å²) in [6.07, 6.45) is 2.08. The van der Waals surface area contributed by atoms with Crippen LogP contribution in [0.2, 0.25) is 0 Å². The number of anilines is 1. The van der Waals surface area contributed by atoms with Gasteiger partial charge in [-0.3, -0.25) is 10.1 Å². The van der Waals surface area contributed by atoms with Crippen molar-refractivity contribution in [3.8, 4) is 0 Å². The highest BCUT2D eigenvalue weighted by Gasteiger charge is 2.21. The molecule has 0 saturated carbocycles. The molecule has 2 aromatic rings. The standard InChI is InChI=1S/C14H18N4O3/c1-9(10-4-6-21-7-5-10)15-14-16-12-3-2-11(18(19)20)8-13(12)17-14/h2-3,8-10H,4-7H2,1H3,(H2,15,16,17). The molecule has 7 heteroatoms. The number of nitrogens with zero attached hydrogens (tertiary/aromatic N) is 2. The van der Waals surface area contributed by atoms with Crippen LogP contribution in [0.1, 0.15) is 19.8 Å². The molecule has 0 radical (unpaired) electrons. The zero-order chi connectivity index (χ0) is 14.8. The summed E-state index contributed by atoms with van der Waals surface area (Å²) in [5.74, 6) is 1.21. The molecule has 1 atom stereocenters. The van der Waals surface area contributed by atoms with E-state index in [-0.39, 0.29) is 11.7 Å². The van der Waals surface area contributed by atoms with Gasteiger partial charge in [0.25, 0.3) is 5.69 Å². The number of non-ortho nitro benzene ring substituents is 1. The quantitative estimate of drug-likeness (QED) is 0.667. The van der Waals surface area contributed by atoms with Gasteiger partial charge in [0.2, 0.25) is 5.95 Å². The maximum absolute atomic E-state index is 10.8. The monoisotopic (exact) mass is 290 g/mol. The summed E-state index contributed by atoms with van der Waals surface area (Å²) in [7, 11) is 0. The van der Waals surface area contributed by atoms with Gasteiger partial charge in [-0.05, 0) is 31.7 Å². The van der Waals surface area contributed by atoms with E-state index >= 15 is 0 Å². The normalized spacial score (nSPS) is 17.8. The Balaban J connectivity index is 1.76. The summed E-state index contributed by atoms with van der Waals surface area (Å²) in [6.45, 7) is 3.75. The molecule has 1 fully saturated rings. The Morgan fingerprint density at radius 3 is 2.95 bits per heavy atom. The highest BCUT2D eigenvalue weighted by Crippen LogP contribution is 2.24. The number of aromatic amines is 1. The largest absolute Gasteiger partial charge is 0.381 e. The fourth-order valence-electron chi connectivity index (χ4n) is 2.73. The lowest BCUT2D eigenvalue weighted by Gasteiger charge is -2.28. The Labute approximate surface area is 121 Å². The molecule has 2 heterocycles. The molecular weight excluding hydrogens is 272 g/mol. The highest BCUT2D eigenvalue weighted by atomic mass is 16.6. The van der Waals surface area contributed by atoms with E-state index in [1.165, 1.54) is 12.1 Å². The summed E-state index contributed by atoms with van der Waals surface area (Å²) in [6, 6.07) is 4.92. The van der Waals surface area contributed by atoms with Crippen LogP contribution in [0.5, 0.6) is 0 Å². The van der Waals surface area contributed by atoms with Crippen molar-refractivity contribution in [2.75, 3.05) is 18.5 Å². The third-order valence-electron chi connectivity index (χ3n) is 4.01. The van der Waals surface area contributed by atoms with Gasteiger partial charge >= 0.3 is 0 Å². The Morgan fingerprint density at radius 1 is 1.48 bits per heavy atom. The highest BCUT2D eigenvalue weighted by molar-refractivity contribution is 5.79. The fraction of sp³-hybridized carbons (Fsp3) is 0.500. The van der Waals surface area contributed by atoms with Crippen LogP contribution in [-0.2, 0) is 4.74 Å². The van der Waals surface area contributed by atoms with E-state index in [4.69, 9.17) is 4.74 Å². The number of nitro groups is 1. The van der Waals surface area contributed by atoms with Crippen molar-refractivity contribution in [3.05, 3.63) is 28.3 Å². The van der Waals surface area contributed by atoms with Gasteiger partial charge in [-0.15, -0.1) is 0 Å². The second kappa shape index (κ2) is 5.69. The number of nitro benzene ring substituents is 1. The van der Waals surface area contributed by atoms with Gasteiger partial charge in [0, 0.05) is 31.4 Å². The van der Waals surface area contributed by atoms with Gasteiger partial charge in [0.05, 0.1) is 16.0 Å². The van der Waals surface area contributed by atoms with E-state index in [0.29, 0.717) is 17.4 Å². The molecule has 3 rings (SSSR count). The molecule has 0 spiro atoms. The average molecular weight is 290 g/mol. The van der Waals surface area contributed by atoms with Crippen LogP contribution in [0.4, 0.5) is 11.6 Å². The molecule has 21 heavy (non-hydrogen) atoms. The van der Waals surface area contributed by atoms with E-state index in [1.807, 2.05) is 0 Å². The third-order valence-corrected chi connectivity index (χ3v) is 4.01. The maximum atomic E-state index is 10.8. The van der Waals surface area contributed by atoms with Crippen molar-refractivity contribution in [2.24, 2.45) is 5.92 Å².